The number of rotatable bonds is 4. The molecule has 0 radical (unpaired) electrons. The van der Waals surface area contributed by atoms with E-state index in [1.165, 1.54) is 34.4 Å². The molecule has 0 saturated heterocycles. The van der Waals surface area contributed by atoms with E-state index in [0.717, 1.165) is 6.26 Å². The number of carbonyl (C=O) groups is 1. The molecule has 25 heavy (non-hydrogen) atoms. The Kier molecular flexibility index (Phi) is 4.44. The Morgan fingerprint density at radius 3 is 2.80 bits per heavy atom. The molecule has 0 bridgehead atoms. The van der Waals surface area contributed by atoms with Crippen LogP contribution in [0.5, 0.6) is 0 Å². The highest BCUT2D eigenvalue weighted by Crippen LogP contribution is 2.16. The summed E-state index contributed by atoms with van der Waals surface area (Å²) in [5.41, 5.74) is 0.600. The number of hydrogen-bond donors (Lipinski definition) is 1. The van der Waals surface area contributed by atoms with E-state index < -0.39 is 9.84 Å². The number of hydrogen-bond acceptors (Lipinski definition) is 6. The minimum atomic E-state index is -3.40. The van der Waals surface area contributed by atoms with Gasteiger partial charge in [0.05, 0.1) is 17.0 Å². The predicted molar refractivity (Wildman–Crippen MR) is 95.6 cm³/mol. The molecular formula is C16H15N3O4S2. The van der Waals surface area contributed by atoms with Crippen molar-refractivity contribution in [3.63, 3.8) is 0 Å². The molecule has 1 amide bonds. The fraction of sp³-hybridized carbons (Fsp3) is 0.188. The second kappa shape index (κ2) is 6.41. The standard InChI is InChI=1S/C16H15N3O4S2/c1-19(9-13-17-12-6-7-24-14(12)15(20)18-13)16(21)10-4-3-5-11(8-10)25(2,22)23/h3-8H,9H2,1-2H3,(H,17,18,20). The molecule has 3 aromatic rings. The summed E-state index contributed by atoms with van der Waals surface area (Å²) < 4.78 is 23.8. The van der Waals surface area contributed by atoms with Crippen LogP contribution in [0.1, 0.15) is 16.2 Å². The second-order valence-electron chi connectivity index (χ2n) is 5.61. The minimum absolute atomic E-state index is 0.0815. The van der Waals surface area contributed by atoms with Crippen LogP contribution in [0, 0.1) is 0 Å². The Labute approximate surface area is 147 Å². The fourth-order valence-electron chi connectivity index (χ4n) is 2.37. The maximum absolute atomic E-state index is 12.5. The lowest BCUT2D eigenvalue weighted by Crippen LogP contribution is -2.28. The van der Waals surface area contributed by atoms with Crippen molar-refractivity contribution in [2.75, 3.05) is 13.3 Å². The topological polar surface area (TPSA) is 100 Å². The number of amides is 1. The number of sulfone groups is 1. The van der Waals surface area contributed by atoms with Crippen molar-refractivity contribution in [3.05, 3.63) is 57.5 Å². The third kappa shape index (κ3) is 3.62. The number of nitrogens with zero attached hydrogens (tertiary/aromatic N) is 2. The monoisotopic (exact) mass is 377 g/mol. The summed E-state index contributed by atoms with van der Waals surface area (Å²) in [7, 11) is -1.83. The molecule has 130 valence electrons. The summed E-state index contributed by atoms with van der Waals surface area (Å²) in [5, 5.41) is 1.78. The molecule has 2 aromatic heterocycles. The average molecular weight is 377 g/mol. The Morgan fingerprint density at radius 1 is 1.32 bits per heavy atom. The third-order valence-corrected chi connectivity index (χ3v) is 5.62. The number of thiophene rings is 1. The van der Waals surface area contributed by atoms with Gasteiger partial charge in [0.1, 0.15) is 10.5 Å². The third-order valence-electron chi connectivity index (χ3n) is 3.61. The normalized spacial score (nSPS) is 11.6. The van der Waals surface area contributed by atoms with Gasteiger partial charge in [-0.05, 0) is 29.6 Å². The van der Waals surface area contributed by atoms with Gasteiger partial charge in [0.2, 0.25) is 0 Å². The molecule has 7 nitrogen and oxygen atoms in total. The summed E-state index contributed by atoms with van der Waals surface area (Å²) in [4.78, 5) is 33.0. The zero-order chi connectivity index (χ0) is 18.2. The first-order chi connectivity index (χ1) is 11.8. The molecule has 2 heterocycles. The molecule has 0 atom stereocenters. The Morgan fingerprint density at radius 2 is 2.08 bits per heavy atom. The van der Waals surface area contributed by atoms with Crippen molar-refractivity contribution in [2.45, 2.75) is 11.4 Å². The van der Waals surface area contributed by atoms with Gasteiger partial charge in [0.25, 0.3) is 11.5 Å². The number of aromatic nitrogens is 2. The van der Waals surface area contributed by atoms with Crippen molar-refractivity contribution >= 4 is 37.3 Å². The molecule has 0 spiro atoms. The van der Waals surface area contributed by atoms with Gasteiger partial charge in [0.15, 0.2) is 9.84 Å². The predicted octanol–water partition coefficient (Wildman–Crippen LogP) is 1.66. The van der Waals surface area contributed by atoms with Crippen molar-refractivity contribution < 1.29 is 13.2 Å². The number of carbonyl (C=O) groups excluding carboxylic acids is 1. The first kappa shape index (κ1) is 17.3. The van der Waals surface area contributed by atoms with E-state index >= 15 is 0 Å². The number of nitrogens with one attached hydrogen (secondary N) is 1. The van der Waals surface area contributed by atoms with Crippen molar-refractivity contribution in [3.8, 4) is 0 Å². The van der Waals surface area contributed by atoms with E-state index in [-0.39, 0.29) is 28.5 Å². The molecule has 3 rings (SSSR count). The number of aromatic amines is 1. The van der Waals surface area contributed by atoms with E-state index in [2.05, 4.69) is 9.97 Å². The summed E-state index contributed by atoms with van der Waals surface area (Å²) in [5.74, 6) is 0.00424. The lowest BCUT2D eigenvalue weighted by atomic mass is 10.2. The van der Waals surface area contributed by atoms with Crippen LogP contribution in [0.4, 0.5) is 0 Å². The molecule has 9 heteroatoms. The molecule has 0 saturated carbocycles. The van der Waals surface area contributed by atoms with Gasteiger partial charge >= 0.3 is 0 Å². The number of benzene rings is 1. The van der Waals surface area contributed by atoms with Gasteiger partial charge in [-0.2, -0.15) is 0 Å². The zero-order valence-corrected chi connectivity index (χ0v) is 15.1. The molecule has 0 aliphatic heterocycles. The van der Waals surface area contributed by atoms with Gasteiger partial charge in [-0.15, -0.1) is 11.3 Å². The summed E-state index contributed by atoms with van der Waals surface area (Å²) in [6.07, 6.45) is 1.09. The zero-order valence-electron chi connectivity index (χ0n) is 13.5. The van der Waals surface area contributed by atoms with Gasteiger partial charge < -0.3 is 9.88 Å². The largest absolute Gasteiger partial charge is 0.334 e. The first-order valence-electron chi connectivity index (χ1n) is 7.27. The Hall–Kier alpha value is -2.52. The SMILES string of the molecule is CN(Cc1nc2ccsc2c(=O)[nH]1)C(=O)c1cccc(S(C)(=O)=O)c1. The molecule has 0 unspecified atom stereocenters. The number of fused-ring (bicyclic) bond motifs is 1. The molecule has 0 aliphatic carbocycles. The van der Waals surface area contributed by atoms with Crippen LogP contribution < -0.4 is 5.56 Å². The van der Waals surface area contributed by atoms with E-state index in [1.54, 1.807) is 24.6 Å². The lowest BCUT2D eigenvalue weighted by molar-refractivity contribution is 0.0781. The van der Waals surface area contributed by atoms with E-state index in [4.69, 9.17) is 0 Å². The Bertz CT molecular complexity index is 1120. The highest BCUT2D eigenvalue weighted by molar-refractivity contribution is 7.90. The van der Waals surface area contributed by atoms with E-state index in [0.29, 0.717) is 16.0 Å². The smallest absolute Gasteiger partial charge is 0.268 e. The molecular weight excluding hydrogens is 362 g/mol. The summed E-state index contributed by atoms with van der Waals surface area (Å²) in [6.45, 7) is 0.100. The van der Waals surface area contributed by atoms with Gasteiger partial charge in [-0.25, -0.2) is 13.4 Å². The maximum Gasteiger partial charge on any atom is 0.268 e. The Balaban J connectivity index is 1.86. The van der Waals surface area contributed by atoms with Gasteiger partial charge in [0, 0.05) is 18.9 Å². The van der Waals surface area contributed by atoms with Crippen LogP contribution in [-0.2, 0) is 16.4 Å². The second-order valence-corrected chi connectivity index (χ2v) is 8.54. The van der Waals surface area contributed by atoms with Crippen LogP contribution in [0.2, 0.25) is 0 Å². The molecule has 0 aliphatic rings. The molecule has 1 N–H and O–H groups in total. The van der Waals surface area contributed by atoms with E-state index in [1.807, 2.05) is 0 Å². The van der Waals surface area contributed by atoms with Gasteiger partial charge in [-0.1, -0.05) is 6.07 Å². The van der Waals surface area contributed by atoms with Crippen LogP contribution in [0.3, 0.4) is 0 Å². The van der Waals surface area contributed by atoms with Crippen LogP contribution in [0.25, 0.3) is 10.2 Å². The minimum Gasteiger partial charge on any atom is -0.334 e. The highest BCUT2D eigenvalue weighted by Gasteiger charge is 2.16. The summed E-state index contributed by atoms with van der Waals surface area (Å²) in [6, 6.07) is 7.60. The van der Waals surface area contributed by atoms with Gasteiger partial charge in [-0.3, -0.25) is 9.59 Å². The van der Waals surface area contributed by atoms with Crippen molar-refractivity contribution in [1.29, 1.82) is 0 Å². The number of H-pyrrole nitrogens is 1. The summed E-state index contributed by atoms with van der Waals surface area (Å²) >= 11 is 1.30. The first-order valence-corrected chi connectivity index (χ1v) is 10.0. The maximum atomic E-state index is 12.5. The fourth-order valence-corrected chi connectivity index (χ4v) is 3.77. The van der Waals surface area contributed by atoms with Crippen molar-refractivity contribution in [2.24, 2.45) is 0 Å². The molecule has 1 aromatic carbocycles. The quantitative estimate of drug-likeness (QED) is 0.745. The van der Waals surface area contributed by atoms with E-state index in [9.17, 15) is 18.0 Å². The van der Waals surface area contributed by atoms with Crippen LogP contribution in [0.15, 0.2) is 45.4 Å². The van der Waals surface area contributed by atoms with Crippen LogP contribution in [-0.4, -0.2) is 42.5 Å². The highest BCUT2D eigenvalue weighted by atomic mass is 32.2. The lowest BCUT2D eigenvalue weighted by Gasteiger charge is -2.17. The average Bonchev–Trinajstić information content (AvgIpc) is 3.02. The van der Waals surface area contributed by atoms with Crippen molar-refractivity contribution in [1.82, 2.24) is 14.9 Å². The molecule has 0 fully saturated rings. The van der Waals surface area contributed by atoms with Crippen LogP contribution >= 0.6 is 11.3 Å².